The summed E-state index contributed by atoms with van der Waals surface area (Å²) in [6.45, 7) is 11.2. The second kappa shape index (κ2) is 5.93. The van der Waals surface area contributed by atoms with Crippen molar-refractivity contribution < 1.29 is 4.42 Å². The zero-order valence-electron chi connectivity index (χ0n) is 10.2. The lowest BCUT2D eigenvalue weighted by Gasteiger charge is -2.13. The van der Waals surface area contributed by atoms with Crippen molar-refractivity contribution in [2.75, 3.05) is 13.1 Å². The van der Waals surface area contributed by atoms with Crippen LogP contribution in [0.15, 0.2) is 10.5 Å². The molecule has 3 heteroatoms. The molecule has 0 fully saturated rings. The molecule has 1 atom stereocenters. The summed E-state index contributed by atoms with van der Waals surface area (Å²) in [5, 5.41) is 6.78. The molecule has 0 amide bonds. The molecular formula is C12H22N2O. The molecule has 1 heterocycles. The third-order valence-electron chi connectivity index (χ3n) is 2.49. The predicted octanol–water partition coefficient (Wildman–Crippen LogP) is 1.98. The Morgan fingerprint density at radius 2 is 2.13 bits per heavy atom. The topological polar surface area (TPSA) is 37.2 Å². The molecule has 0 aliphatic heterocycles. The third-order valence-corrected chi connectivity index (χ3v) is 2.49. The van der Waals surface area contributed by atoms with Crippen LogP contribution >= 0.6 is 0 Å². The van der Waals surface area contributed by atoms with Crippen LogP contribution in [0.1, 0.15) is 30.9 Å². The van der Waals surface area contributed by atoms with Crippen LogP contribution in [0.25, 0.3) is 0 Å². The summed E-state index contributed by atoms with van der Waals surface area (Å²) in [4.78, 5) is 0. The first-order valence-corrected chi connectivity index (χ1v) is 5.63. The third kappa shape index (κ3) is 4.06. The Bertz CT molecular complexity index is 294. The maximum Gasteiger partial charge on any atom is 0.105 e. The summed E-state index contributed by atoms with van der Waals surface area (Å²) < 4.78 is 5.47. The molecule has 3 nitrogen and oxygen atoms in total. The first-order valence-electron chi connectivity index (χ1n) is 5.63. The normalized spacial score (nSPS) is 13.1. The van der Waals surface area contributed by atoms with Gasteiger partial charge in [0.1, 0.15) is 11.5 Å². The van der Waals surface area contributed by atoms with Gasteiger partial charge in [0.25, 0.3) is 0 Å². The number of rotatable bonds is 6. The number of aryl methyl sites for hydroxylation is 2. The molecule has 15 heavy (non-hydrogen) atoms. The van der Waals surface area contributed by atoms with Crippen LogP contribution in [0.3, 0.4) is 0 Å². The lowest BCUT2D eigenvalue weighted by atomic mass is 10.2. The van der Waals surface area contributed by atoms with Crippen molar-refractivity contribution in [3.63, 3.8) is 0 Å². The Morgan fingerprint density at radius 1 is 1.40 bits per heavy atom. The van der Waals surface area contributed by atoms with E-state index in [1.54, 1.807) is 0 Å². The Balaban J connectivity index is 2.33. The van der Waals surface area contributed by atoms with Gasteiger partial charge in [-0.15, -0.1) is 0 Å². The van der Waals surface area contributed by atoms with E-state index < -0.39 is 0 Å². The molecule has 0 spiro atoms. The smallest absolute Gasteiger partial charge is 0.105 e. The number of likely N-dealkylation sites (N-methyl/N-ethyl adjacent to an activating group) is 1. The zero-order chi connectivity index (χ0) is 11.3. The molecule has 0 aliphatic rings. The van der Waals surface area contributed by atoms with Crippen LogP contribution in [0.5, 0.6) is 0 Å². The van der Waals surface area contributed by atoms with Gasteiger partial charge < -0.3 is 15.1 Å². The SMILES string of the molecule is CCNCC(C)NCc1cc(C)oc1C. The van der Waals surface area contributed by atoms with Gasteiger partial charge in [-0.05, 0) is 33.4 Å². The summed E-state index contributed by atoms with van der Waals surface area (Å²) in [7, 11) is 0. The Labute approximate surface area is 92.2 Å². The largest absolute Gasteiger partial charge is 0.466 e. The molecule has 0 saturated heterocycles. The second-order valence-corrected chi connectivity index (χ2v) is 4.03. The summed E-state index contributed by atoms with van der Waals surface area (Å²) in [5.41, 5.74) is 1.26. The number of nitrogens with one attached hydrogen (secondary N) is 2. The van der Waals surface area contributed by atoms with Gasteiger partial charge in [-0.1, -0.05) is 6.92 Å². The van der Waals surface area contributed by atoms with Crippen molar-refractivity contribution in [1.29, 1.82) is 0 Å². The highest BCUT2D eigenvalue weighted by atomic mass is 16.3. The molecule has 1 aromatic rings. The molecule has 1 unspecified atom stereocenters. The van der Waals surface area contributed by atoms with E-state index in [9.17, 15) is 0 Å². The Kier molecular flexibility index (Phi) is 4.85. The summed E-state index contributed by atoms with van der Waals surface area (Å²) in [5.74, 6) is 2.01. The van der Waals surface area contributed by atoms with E-state index in [-0.39, 0.29) is 0 Å². The van der Waals surface area contributed by atoms with E-state index >= 15 is 0 Å². The van der Waals surface area contributed by atoms with Gasteiger partial charge in [-0.2, -0.15) is 0 Å². The van der Waals surface area contributed by atoms with Crippen LogP contribution in [0, 0.1) is 13.8 Å². The maximum atomic E-state index is 5.47. The first kappa shape index (κ1) is 12.3. The molecule has 0 saturated carbocycles. The summed E-state index contributed by atoms with van der Waals surface area (Å²) in [6.07, 6.45) is 0. The fourth-order valence-corrected chi connectivity index (χ4v) is 1.58. The Hall–Kier alpha value is -0.800. The highest BCUT2D eigenvalue weighted by Crippen LogP contribution is 2.13. The van der Waals surface area contributed by atoms with Gasteiger partial charge in [-0.3, -0.25) is 0 Å². The van der Waals surface area contributed by atoms with E-state index in [4.69, 9.17) is 4.42 Å². The van der Waals surface area contributed by atoms with Crippen LogP contribution < -0.4 is 10.6 Å². The quantitative estimate of drug-likeness (QED) is 0.754. The molecular weight excluding hydrogens is 188 g/mol. The van der Waals surface area contributed by atoms with Gasteiger partial charge in [0.2, 0.25) is 0 Å². The fourth-order valence-electron chi connectivity index (χ4n) is 1.58. The number of furan rings is 1. The lowest BCUT2D eigenvalue weighted by molar-refractivity contribution is 0.486. The molecule has 86 valence electrons. The minimum atomic E-state index is 0.486. The van der Waals surface area contributed by atoms with E-state index in [0.29, 0.717) is 6.04 Å². The summed E-state index contributed by atoms with van der Waals surface area (Å²) in [6, 6.07) is 2.59. The summed E-state index contributed by atoms with van der Waals surface area (Å²) >= 11 is 0. The highest BCUT2D eigenvalue weighted by Gasteiger charge is 2.06. The average molecular weight is 210 g/mol. The van der Waals surface area contributed by atoms with Gasteiger partial charge in [-0.25, -0.2) is 0 Å². The lowest BCUT2D eigenvalue weighted by Crippen LogP contribution is -2.35. The predicted molar refractivity (Wildman–Crippen MR) is 63.0 cm³/mol. The molecule has 0 radical (unpaired) electrons. The Morgan fingerprint density at radius 3 is 2.67 bits per heavy atom. The van der Waals surface area contributed by atoms with Crippen molar-refractivity contribution in [1.82, 2.24) is 10.6 Å². The number of hydrogen-bond donors (Lipinski definition) is 2. The molecule has 2 N–H and O–H groups in total. The van der Waals surface area contributed by atoms with Crippen molar-refractivity contribution in [2.24, 2.45) is 0 Å². The average Bonchev–Trinajstić information content (AvgIpc) is 2.51. The van der Waals surface area contributed by atoms with Gasteiger partial charge in [0.05, 0.1) is 0 Å². The van der Waals surface area contributed by atoms with Crippen molar-refractivity contribution in [2.45, 2.75) is 40.3 Å². The minimum absolute atomic E-state index is 0.486. The van der Waals surface area contributed by atoms with Gasteiger partial charge in [0, 0.05) is 24.7 Å². The fraction of sp³-hybridized carbons (Fsp3) is 0.667. The van der Waals surface area contributed by atoms with E-state index in [1.165, 1.54) is 5.56 Å². The molecule has 0 aliphatic carbocycles. The second-order valence-electron chi connectivity index (χ2n) is 4.03. The van der Waals surface area contributed by atoms with Gasteiger partial charge >= 0.3 is 0 Å². The van der Waals surface area contributed by atoms with Crippen LogP contribution in [-0.4, -0.2) is 19.1 Å². The molecule has 1 rings (SSSR count). The molecule has 0 bridgehead atoms. The van der Waals surface area contributed by atoms with E-state index in [1.807, 2.05) is 13.8 Å². The maximum absolute atomic E-state index is 5.47. The monoisotopic (exact) mass is 210 g/mol. The van der Waals surface area contributed by atoms with Crippen molar-refractivity contribution >= 4 is 0 Å². The van der Waals surface area contributed by atoms with Crippen LogP contribution in [0.2, 0.25) is 0 Å². The zero-order valence-corrected chi connectivity index (χ0v) is 10.2. The van der Waals surface area contributed by atoms with E-state index in [2.05, 4.69) is 30.5 Å². The van der Waals surface area contributed by atoms with Gasteiger partial charge in [0.15, 0.2) is 0 Å². The highest BCUT2D eigenvalue weighted by molar-refractivity contribution is 5.19. The van der Waals surface area contributed by atoms with Crippen LogP contribution in [0.4, 0.5) is 0 Å². The standard InChI is InChI=1S/C12H22N2O/c1-5-13-7-9(2)14-8-12-6-10(3)15-11(12)4/h6,9,13-14H,5,7-8H2,1-4H3. The van der Waals surface area contributed by atoms with Crippen LogP contribution in [-0.2, 0) is 6.54 Å². The first-order chi connectivity index (χ1) is 7.13. The van der Waals surface area contributed by atoms with E-state index in [0.717, 1.165) is 31.2 Å². The molecule has 1 aromatic heterocycles. The van der Waals surface area contributed by atoms with Crippen molar-refractivity contribution in [3.05, 3.63) is 23.2 Å². The number of hydrogen-bond acceptors (Lipinski definition) is 3. The van der Waals surface area contributed by atoms with Crippen molar-refractivity contribution in [3.8, 4) is 0 Å². The molecule has 0 aromatic carbocycles. The minimum Gasteiger partial charge on any atom is -0.466 e.